The third-order valence-electron chi connectivity index (χ3n) is 12.1. The van der Waals surface area contributed by atoms with Gasteiger partial charge in [-0.05, 0) is 36.4 Å². The van der Waals surface area contributed by atoms with E-state index in [1.54, 1.807) is 122 Å². The Morgan fingerprint density at radius 3 is 1.05 bits per heavy atom. The second-order valence-corrected chi connectivity index (χ2v) is 16.4. The molecule has 18 heteroatoms. The van der Waals surface area contributed by atoms with Gasteiger partial charge in [-0.15, -0.1) is 24.3 Å². The number of nitrogens with zero attached hydrogens (tertiary/aromatic N) is 1. The summed E-state index contributed by atoms with van der Waals surface area (Å²) < 4.78 is 0. The van der Waals surface area contributed by atoms with Gasteiger partial charge in [-0.2, -0.15) is 36.4 Å². The molecular formula is C60H48N5O7Y6-5. The molecule has 0 heterocycles. The fourth-order valence-electron chi connectivity index (χ4n) is 8.82. The van der Waals surface area contributed by atoms with Crippen LogP contribution in [0.25, 0.3) is 0 Å². The summed E-state index contributed by atoms with van der Waals surface area (Å²) in [4.78, 5) is 79.2. The second-order valence-electron chi connectivity index (χ2n) is 16.4. The molecule has 0 amide bonds. The van der Waals surface area contributed by atoms with Gasteiger partial charge in [-0.25, -0.2) is 0 Å². The van der Waals surface area contributed by atoms with Crippen LogP contribution >= 0.6 is 0 Å². The van der Waals surface area contributed by atoms with Gasteiger partial charge in [0.1, 0.15) is 5.75 Å². The first-order valence-corrected chi connectivity index (χ1v) is 22.0. The first-order chi connectivity index (χ1) is 33.9. The van der Waals surface area contributed by atoms with E-state index in [0.717, 1.165) is 17.1 Å². The average molecular weight is 1480 g/mol. The summed E-state index contributed by atoms with van der Waals surface area (Å²) in [5, 5.41) is 22.3. The van der Waals surface area contributed by atoms with Crippen molar-refractivity contribution in [2.24, 2.45) is 0 Å². The fraction of sp³-hybridized carbons (Fsp3) is 0.0500. The fourth-order valence-corrected chi connectivity index (χ4v) is 8.82. The molecule has 378 valence electrons. The Morgan fingerprint density at radius 2 is 0.692 bits per heavy atom. The van der Waals surface area contributed by atoms with Gasteiger partial charge in [0, 0.05) is 279 Å². The molecule has 0 unspecified atom stereocenters. The Kier molecular flexibility index (Phi) is 30.7. The number of hydrogen-bond donors (Lipinski definition) is 5. The molecule has 5 N–H and O–H groups in total. The average Bonchev–Trinajstić information content (AvgIpc) is 3.39. The van der Waals surface area contributed by atoms with Gasteiger partial charge in [-0.3, -0.25) is 35.8 Å². The molecule has 12 nitrogen and oxygen atoms in total. The van der Waals surface area contributed by atoms with E-state index in [-0.39, 0.29) is 263 Å². The van der Waals surface area contributed by atoms with E-state index < -0.39 is 0 Å². The first kappa shape index (κ1) is 73.2. The van der Waals surface area contributed by atoms with Gasteiger partial charge in [0.05, 0.1) is 33.4 Å². The number of phenols is 1. The number of fused-ring (bicyclic) bond motifs is 6. The smallest absolute Gasteiger partial charge is 0.198 e. The number of ketones is 6. The van der Waals surface area contributed by atoms with Gasteiger partial charge >= 0.3 is 0 Å². The molecule has 0 saturated heterocycles. The van der Waals surface area contributed by atoms with Crippen molar-refractivity contribution in [3.63, 3.8) is 0 Å². The molecule has 0 aliphatic heterocycles. The molecule has 11 rings (SSSR count). The Hall–Kier alpha value is -2.80. The number of carbonyl (C=O) groups is 6. The number of anilines is 7. The van der Waals surface area contributed by atoms with Crippen LogP contribution in [0.5, 0.6) is 5.75 Å². The number of carbonyl (C=O) groups excluding carboxylic acids is 6. The molecule has 0 aromatic heterocycles. The van der Waals surface area contributed by atoms with Gasteiger partial charge < -0.3 is 46.1 Å². The molecule has 0 spiro atoms. The molecule has 8 aromatic rings. The molecule has 3 aliphatic rings. The van der Waals surface area contributed by atoms with Crippen molar-refractivity contribution in [1.82, 2.24) is 0 Å². The molecule has 8 aromatic carbocycles. The largest absolute Gasteiger partial charge is 0.537 e. The van der Waals surface area contributed by atoms with Crippen LogP contribution in [0.15, 0.2) is 158 Å². The zero-order valence-corrected chi connectivity index (χ0v) is 60.6. The maximum absolute atomic E-state index is 13.2. The maximum Gasteiger partial charge on any atom is 0.198 e. The predicted octanol–water partition coefficient (Wildman–Crippen LogP) is 11.4. The summed E-state index contributed by atoms with van der Waals surface area (Å²) in [6, 6.07) is 51.1. The summed E-state index contributed by atoms with van der Waals surface area (Å²) in [6.07, 6.45) is 0. The molecule has 3 aliphatic carbocycles. The molecule has 0 saturated carbocycles. The van der Waals surface area contributed by atoms with Crippen molar-refractivity contribution in [3.8, 4) is 5.75 Å². The Morgan fingerprint density at radius 1 is 0.397 bits per heavy atom. The molecule has 0 atom stereocenters. The zero-order chi connectivity index (χ0) is 49.2. The van der Waals surface area contributed by atoms with Crippen molar-refractivity contribution in [3.05, 3.63) is 259 Å². The number of rotatable bonds is 7. The summed E-state index contributed by atoms with van der Waals surface area (Å²) in [7, 11) is 9.07. The van der Waals surface area contributed by atoms with E-state index in [4.69, 9.17) is 0 Å². The van der Waals surface area contributed by atoms with Crippen molar-refractivity contribution >= 4 is 74.5 Å². The Bertz CT molecular complexity index is 3430. The van der Waals surface area contributed by atoms with Gasteiger partial charge in [0.25, 0.3) is 0 Å². The van der Waals surface area contributed by atoms with Crippen molar-refractivity contribution in [2.45, 2.75) is 0 Å². The SMILES string of the molecule is CN(C)c1ccc(Nc2cc[c-]cc2)c2c1C(=O)c1ccccc1C2=O.O=C1c2ccccc2C(=O)c2c(Nc3cc[c-]cc3)ccc(O)c21.[CH2-]Nc1ccc(NC)c2c1C(=O)c1ccccc1C2=O.[CH3-].[CH3-].[Y].[Y].[Y].[Y].[Y].[Y]. The normalized spacial score (nSPS) is 11.2. The van der Waals surface area contributed by atoms with Crippen LogP contribution in [-0.2, 0) is 196 Å². The summed E-state index contributed by atoms with van der Waals surface area (Å²) in [5.74, 6) is -1.36. The molecule has 6 radical (unpaired) electrons. The summed E-state index contributed by atoms with van der Waals surface area (Å²) >= 11 is 0. The summed E-state index contributed by atoms with van der Waals surface area (Å²) in [5.41, 5.74) is 9.04. The molecule has 0 bridgehead atoms. The predicted molar refractivity (Wildman–Crippen MR) is 284 cm³/mol. The Labute approximate surface area is 606 Å². The minimum absolute atomic E-state index is 0. The van der Waals surface area contributed by atoms with Gasteiger partial charge in [-0.1, -0.05) is 84.2 Å². The van der Waals surface area contributed by atoms with Crippen LogP contribution in [0.1, 0.15) is 95.5 Å². The van der Waals surface area contributed by atoms with Gasteiger partial charge in [0.2, 0.25) is 0 Å². The third-order valence-corrected chi connectivity index (χ3v) is 12.1. The van der Waals surface area contributed by atoms with Crippen molar-refractivity contribution in [1.29, 1.82) is 0 Å². The topological polar surface area (TPSA) is 174 Å². The van der Waals surface area contributed by atoms with Crippen LogP contribution in [-0.4, -0.2) is 60.9 Å². The quantitative estimate of drug-likeness (QED) is 0.0756. The van der Waals surface area contributed by atoms with E-state index in [9.17, 15) is 33.9 Å². The monoisotopic (exact) mass is 1480 g/mol. The second kappa shape index (κ2) is 32.7. The number of hydrogen-bond acceptors (Lipinski definition) is 12. The van der Waals surface area contributed by atoms with Crippen LogP contribution in [0.2, 0.25) is 0 Å². The molecule has 0 fully saturated rings. The third kappa shape index (κ3) is 14.7. The summed E-state index contributed by atoms with van der Waals surface area (Å²) in [6.45, 7) is 0. The van der Waals surface area contributed by atoms with Crippen LogP contribution in [0.3, 0.4) is 0 Å². The first-order valence-electron chi connectivity index (χ1n) is 22.0. The van der Waals surface area contributed by atoms with E-state index in [0.29, 0.717) is 78.4 Å². The number of benzene rings is 8. The zero-order valence-electron chi connectivity index (χ0n) is 43.5. The van der Waals surface area contributed by atoms with Gasteiger partial charge in [0.15, 0.2) is 34.7 Å². The minimum Gasteiger partial charge on any atom is -0.537 e. The molecule has 78 heavy (non-hydrogen) atoms. The maximum atomic E-state index is 13.2. The van der Waals surface area contributed by atoms with E-state index in [1.807, 2.05) is 55.4 Å². The van der Waals surface area contributed by atoms with Crippen molar-refractivity contribution in [2.75, 3.05) is 47.3 Å². The van der Waals surface area contributed by atoms with E-state index >= 15 is 0 Å². The van der Waals surface area contributed by atoms with E-state index in [1.165, 1.54) is 6.07 Å². The standard InChI is InChI=1S/C22H17N2O2.C20H12NO3.C16H13N2O2.2CH3.6Y/c1-24(2)18-13-12-17(23-14-8-4-3-5-9-14)19-20(18)22(26)16-11-7-6-10-15(16)21(19)25;22-16-11-10-15(21-12-6-2-1-3-7-12)17-18(16)20(24)14-9-5-4-8-13(14)19(17)23;1-17-11-7-8-12(18-2)14-13(11)15(19)9-5-3-4-6-10(9)16(14)20;;;;;;;;/h4-13,23H,1-2H3;2-11,21-22H;3-8,17-18H,1H2,2H3;2*1H3;;;;;;/q5*-1;;;;;;. The van der Waals surface area contributed by atoms with Crippen LogP contribution in [0, 0.1) is 34.0 Å². The van der Waals surface area contributed by atoms with E-state index in [2.05, 4.69) is 40.4 Å². The van der Waals surface area contributed by atoms with Crippen LogP contribution < -0.4 is 26.2 Å². The number of phenolic OH excluding ortho intramolecular Hbond substituents is 1. The molecular weight excluding hydrogens is 1440 g/mol. The van der Waals surface area contributed by atoms with Crippen LogP contribution in [0.4, 0.5) is 39.8 Å². The minimum atomic E-state index is -0.345. The Balaban J connectivity index is 0.000000560. The van der Waals surface area contributed by atoms with Crippen molar-refractivity contribution < 1.29 is 230 Å². The number of aromatic hydroxyl groups is 1. The number of nitrogens with one attached hydrogen (secondary N) is 4.